The second-order valence-electron chi connectivity index (χ2n) is 9.37. The Balaban J connectivity index is 0.000000194. The lowest BCUT2D eigenvalue weighted by Crippen LogP contribution is -2.37. The van der Waals surface area contributed by atoms with Crippen LogP contribution in [-0.2, 0) is 11.2 Å². The van der Waals surface area contributed by atoms with Crippen molar-refractivity contribution in [2.24, 2.45) is 5.92 Å². The molecule has 1 N–H and O–H groups in total. The number of nitrogens with one attached hydrogen (secondary N) is 1. The number of hydrogen-bond donors (Lipinski definition) is 1. The van der Waals surface area contributed by atoms with Crippen LogP contribution in [0.1, 0.15) is 56.8 Å². The zero-order valence-corrected chi connectivity index (χ0v) is 20.6. The Kier molecular flexibility index (Phi) is 9.23. The highest BCUT2D eigenvalue weighted by atomic mass is 16.1. The number of anilines is 1. The summed E-state index contributed by atoms with van der Waals surface area (Å²) < 4.78 is 0. The molecule has 1 aliphatic rings. The van der Waals surface area contributed by atoms with E-state index < -0.39 is 0 Å². The van der Waals surface area contributed by atoms with E-state index in [0.29, 0.717) is 12.5 Å². The number of hydrogen-bond acceptors (Lipinski definition) is 4. The van der Waals surface area contributed by atoms with E-state index in [2.05, 4.69) is 46.5 Å². The van der Waals surface area contributed by atoms with Crippen molar-refractivity contribution < 1.29 is 4.79 Å². The maximum absolute atomic E-state index is 11.9. The Morgan fingerprint density at radius 2 is 1.64 bits per heavy atom. The Labute approximate surface area is 198 Å². The molecule has 0 spiro atoms. The van der Waals surface area contributed by atoms with Crippen LogP contribution in [-0.4, -0.2) is 36.0 Å². The van der Waals surface area contributed by atoms with Crippen molar-refractivity contribution in [2.45, 2.75) is 64.8 Å². The lowest BCUT2D eigenvalue weighted by molar-refractivity contribution is -0.122. The summed E-state index contributed by atoms with van der Waals surface area (Å²) in [4.78, 5) is 22.7. The summed E-state index contributed by atoms with van der Waals surface area (Å²) in [6.45, 7) is 4.22. The molecule has 0 bridgehead atoms. The number of benzene rings is 2. The van der Waals surface area contributed by atoms with E-state index in [0.717, 1.165) is 54.1 Å². The van der Waals surface area contributed by atoms with Gasteiger partial charge in [0.2, 0.25) is 5.91 Å². The highest BCUT2D eigenvalue weighted by molar-refractivity contribution is 5.89. The minimum atomic E-state index is 0.232. The van der Waals surface area contributed by atoms with Gasteiger partial charge in [-0.3, -0.25) is 4.79 Å². The SMILES string of the molecule is CC1CCC(NC(=O)CCCc2ccccc2)CC1.Cc1nc(N(C)C)c2ccccc2n1. The predicted molar refractivity (Wildman–Crippen MR) is 138 cm³/mol. The van der Waals surface area contributed by atoms with Crippen LogP contribution in [0.2, 0.25) is 0 Å². The summed E-state index contributed by atoms with van der Waals surface area (Å²) >= 11 is 0. The van der Waals surface area contributed by atoms with Crippen LogP contribution in [0.5, 0.6) is 0 Å². The van der Waals surface area contributed by atoms with Crippen LogP contribution in [0, 0.1) is 12.8 Å². The van der Waals surface area contributed by atoms with Gasteiger partial charge < -0.3 is 10.2 Å². The standard InChI is InChI=1S/C17H25NO.C11H13N3/c1-14-10-12-16(13-11-14)18-17(19)9-5-8-15-6-3-2-4-7-15;1-8-12-10-7-5-4-6-9(10)11(13-8)14(2)3/h2-4,6-7,14,16H,5,8-13H2,1H3,(H,18,19);4-7H,1-3H3. The van der Waals surface area contributed by atoms with Crippen molar-refractivity contribution >= 4 is 22.6 Å². The van der Waals surface area contributed by atoms with Gasteiger partial charge in [-0.15, -0.1) is 0 Å². The summed E-state index contributed by atoms with van der Waals surface area (Å²) in [5.74, 6) is 2.86. The topological polar surface area (TPSA) is 58.1 Å². The summed E-state index contributed by atoms with van der Waals surface area (Å²) in [6.07, 6.45) is 7.43. The molecule has 0 radical (unpaired) electrons. The zero-order chi connectivity index (χ0) is 23.6. The van der Waals surface area contributed by atoms with Crippen LogP contribution in [0.15, 0.2) is 54.6 Å². The maximum atomic E-state index is 11.9. The second kappa shape index (κ2) is 12.3. The first kappa shape index (κ1) is 24.7. The van der Waals surface area contributed by atoms with Crippen LogP contribution in [0.3, 0.4) is 0 Å². The monoisotopic (exact) mass is 446 g/mol. The number of aryl methyl sites for hydroxylation is 2. The molecular weight excluding hydrogens is 408 g/mol. The molecular formula is C28H38N4O. The minimum absolute atomic E-state index is 0.232. The zero-order valence-electron chi connectivity index (χ0n) is 20.6. The van der Waals surface area contributed by atoms with Crippen molar-refractivity contribution in [3.8, 4) is 0 Å². The van der Waals surface area contributed by atoms with Crippen molar-refractivity contribution in [1.82, 2.24) is 15.3 Å². The van der Waals surface area contributed by atoms with Crippen LogP contribution < -0.4 is 10.2 Å². The first-order chi connectivity index (χ1) is 15.9. The van der Waals surface area contributed by atoms with Crippen LogP contribution >= 0.6 is 0 Å². The maximum Gasteiger partial charge on any atom is 0.220 e. The molecule has 0 atom stereocenters. The molecule has 0 unspecified atom stereocenters. The molecule has 1 amide bonds. The number of nitrogens with zero attached hydrogens (tertiary/aromatic N) is 3. The molecule has 176 valence electrons. The smallest absolute Gasteiger partial charge is 0.220 e. The Morgan fingerprint density at radius 1 is 0.970 bits per heavy atom. The number of rotatable bonds is 6. The van der Waals surface area contributed by atoms with Gasteiger partial charge in [0.15, 0.2) is 0 Å². The Morgan fingerprint density at radius 3 is 2.33 bits per heavy atom. The van der Waals surface area contributed by atoms with Gasteiger partial charge in [0.25, 0.3) is 0 Å². The van der Waals surface area contributed by atoms with E-state index in [9.17, 15) is 4.79 Å². The van der Waals surface area contributed by atoms with Crippen LogP contribution in [0.4, 0.5) is 5.82 Å². The van der Waals surface area contributed by atoms with E-state index in [4.69, 9.17) is 0 Å². The van der Waals surface area contributed by atoms with Crippen molar-refractivity contribution in [3.05, 3.63) is 66.0 Å². The summed E-state index contributed by atoms with van der Waals surface area (Å²) in [5, 5.41) is 4.29. The fourth-order valence-electron chi connectivity index (χ4n) is 4.32. The van der Waals surface area contributed by atoms with Crippen molar-refractivity contribution in [2.75, 3.05) is 19.0 Å². The predicted octanol–water partition coefficient (Wildman–Crippen LogP) is 5.71. The quantitative estimate of drug-likeness (QED) is 0.527. The normalized spacial score (nSPS) is 17.7. The summed E-state index contributed by atoms with van der Waals surface area (Å²) in [5.41, 5.74) is 2.32. The Bertz CT molecular complexity index is 1010. The summed E-state index contributed by atoms with van der Waals surface area (Å²) in [7, 11) is 3.99. The molecule has 1 saturated carbocycles. The average Bonchev–Trinajstić information content (AvgIpc) is 2.81. The van der Waals surface area contributed by atoms with E-state index in [1.165, 1.54) is 18.4 Å². The Hall–Kier alpha value is -2.95. The van der Waals surface area contributed by atoms with Gasteiger partial charge in [-0.25, -0.2) is 9.97 Å². The van der Waals surface area contributed by atoms with E-state index in [1.54, 1.807) is 0 Å². The molecule has 2 aromatic carbocycles. The fourth-order valence-corrected chi connectivity index (χ4v) is 4.32. The first-order valence-corrected chi connectivity index (χ1v) is 12.2. The minimum Gasteiger partial charge on any atom is -0.362 e. The number of para-hydroxylation sites is 1. The van der Waals surface area contributed by atoms with Crippen molar-refractivity contribution in [3.63, 3.8) is 0 Å². The number of carbonyl (C=O) groups excluding carboxylic acids is 1. The molecule has 0 saturated heterocycles. The lowest BCUT2D eigenvalue weighted by Gasteiger charge is -2.26. The van der Waals surface area contributed by atoms with Gasteiger partial charge in [0.1, 0.15) is 11.6 Å². The number of carbonyl (C=O) groups is 1. The molecule has 1 aliphatic carbocycles. The number of amides is 1. The molecule has 1 fully saturated rings. The molecule has 5 heteroatoms. The molecule has 1 heterocycles. The van der Waals surface area contributed by atoms with Gasteiger partial charge in [-0.05, 0) is 69.1 Å². The lowest BCUT2D eigenvalue weighted by atomic mass is 9.87. The largest absolute Gasteiger partial charge is 0.362 e. The third kappa shape index (κ3) is 7.85. The molecule has 0 aliphatic heterocycles. The molecule has 4 rings (SSSR count). The molecule has 33 heavy (non-hydrogen) atoms. The van der Waals surface area contributed by atoms with Gasteiger partial charge in [-0.1, -0.05) is 49.4 Å². The fraction of sp³-hybridized carbons (Fsp3) is 0.464. The molecule has 5 nitrogen and oxygen atoms in total. The molecule has 1 aromatic heterocycles. The first-order valence-electron chi connectivity index (χ1n) is 12.2. The van der Waals surface area contributed by atoms with Crippen molar-refractivity contribution in [1.29, 1.82) is 0 Å². The summed E-state index contributed by atoms with van der Waals surface area (Å²) in [6, 6.07) is 18.9. The third-order valence-electron chi connectivity index (χ3n) is 6.21. The van der Waals surface area contributed by atoms with E-state index >= 15 is 0 Å². The van der Waals surface area contributed by atoms with Gasteiger partial charge in [-0.2, -0.15) is 0 Å². The highest BCUT2D eigenvalue weighted by Gasteiger charge is 2.19. The molecule has 3 aromatic rings. The van der Waals surface area contributed by atoms with Gasteiger partial charge >= 0.3 is 0 Å². The average molecular weight is 447 g/mol. The van der Waals surface area contributed by atoms with Gasteiger partial charge in [0.05, 0.1) is 5.52 Å². The second-order valence-corrected chi connectivity index (χ2v) is 9.37. The number of fused-ring (bicyclic) bond motifs is 1. The highest BCUT2D eigenvalue weighted by Crippen LogP contribution is 2.23. The number of aromatic nitrogens is 2. The van der Waals surface area contributed by atoms with Gasteiger partial charge in [0, 0.05) is 31.9 Å². The van der Waals surface area contributed by atoms with E-state index in [1.807, 2.05) is 56.3 Å². The third-order valence-corrected chi connectivity index (χ3v) is 6.21. The van der Waals surface area contributed by atoms with Crippen LogP contribution in [0.25, 0.3) is 10.9 Å². The van der Waals surface area contributed by atoms with E-state index in [-0.39, 0.29) is 5.91 Å².